The lowest BCUT2D eigenvalue weighted by Crippen LogP contribution is -2.12. The van der Waals surface area contributed by atoms with Crippen molar-refractivity contribution in [2.45, 2.75) is 6.92 Å². The predicted octanol–water partition coefficient (Wildman–Crippen LogP) is 3.89. The molecule has 7 nitrogen and oxygen atoms in total. The van der Waals surface area contributed by atoms with E-state index >= 15 is 0 Å². The van der Waals surface area contributed by atoms with Gasteiger partial charge in [0.05, 0.1) is 6.26 Å². The summed E-state index contributed by atoms with van der Waals surface area (Å²) in [6.07, 6.45) is 3.16. The van der Waals surface area contributed by atoms with Crippen molar-refractivity contribution < 1.29 is 13.6 Å². The Morgan fingerprint density at radius 2 is 2.00 bits per heavy atom. The largest absolute Gasteiger partial charge is 0.463 e. The summed E-state index contributed by atoms with van der Waals surface area (Å²) in [4.78, 5) is 16.6. The van der Waals surface area contributed by atoms with Gasteiger partial charge in [0.25, 0.3) is 5.91 Å². The molecule has 1 aromatic carbocycles. The third-order valence-corrected chi connectivity index (χ3v) is 3.65. The van der Waals surface area contributed by atoms with Crippen LogP contribution in [-0.4, -0.2) is 21.1 Å². The fraction of sp³-hybridized carbons (Fsp3) is 0.0556. The third kappa shape index (κ3) is 3.07. The molecule has 0 aliphatic heterocycles. The summed E-state index contributed by atoms with van der Waals surface area (Å²) >= 11 is 0. The number of nitrogens with zero attached hydrogens (tertiary/aromatic N) is 2. The zero-order chi connectivity index (χ0) is 17.2. The average molecular weight is 334 g/mol. The number of oxazole rings is 1. The second kappa shape index (κ2) is 6.12. The molecule has 0 radical (unpaired) electrons. The lowest BCUT2D eigenvalue weighted by atomic mass is 10.1. The number of anilines is 1. The Labute approximate surface area is 142 Å². The van der Waals surface area contributed by atoms with Gasteiger partial charge in [-0.3, -0.25) is 9.89 Å². The van der Waals surface area contributed by atoms with Crippen molar-refractivity contribution in [1.82, 2.24) is 15.2 Å². The predicted molar refractivity (Wildman–Crippen MR) is 90.9 cm³/mol. The van der Waals surface area contributed by atoms with Crippen LogP contribution < -0.4 is 5.32 Å². The van der Waals surface area contributed by atoms with Crippen LogP contribution in [0.1, 0.15) is 16.4 Å². The van der Waals surface area contributed by atoms with E-state index in [4.69, 9.17) is 8.83 Å². The van der Waals surface area contributed by atoms with Crippen molar-refractivity contribution in [3.63, 3.8) is 0 Å². The van der Waals surface area contributed by atoms with Crippen LogP contribution >= 0.6 is 0 Å². The highest BCUT2D eigenvalue weighted by molar-refractivity contribution is 6.03. The number of benzene rings is 1. The van der Waals surface area contributed by atoms with E-state index in [1.807, 2.05) is 12.1 Å². The first kappa shape index (κ1) is 14.9. The molecule has 0 aliphatic rings. The van der Waals surface area contributed by atoms with E-state index in [9.17, 15) is 4.79 Å². The van der Waals surface area contributed by atoms with Gasteiger partial charge in [-0.1, -0.05) is 12.1 Å². The lowest BCUT2D eigenvalue weighted by molar-refractivity contribution is 0.102. The van der Waals surface area contributed by atoms with Crippen LogP contribution in [0.15, 0.2) is 63.8 Å². The van der Waals surface area contributed by atoms with Gasteiger partial charge in [-0.05, 0) is 24.3 Å². The van der Waals surface area contributed by atoms with Gasteiger partial charge in [0.15, 0.2) is 17.3 Å². The quantitative estimate of drug-likeness (QED) is 0.590. The van der Waals surface area contributed by atoms with Gasteiger partial charge in [0, 0.05) is 24.2 Å². The molecule has 0 spiro atoms. The normalized spacial score (nSPS) is 10.8. The fourth-order valence-corrected chi connectivity index (χ4v) is 2.41. The number of rotatable bonds is 4. The summed E-state index contributed by atoms with van der Waals surface area (Å²) in [6, 6.07) is 12.5. The van der Waals surface area contributed by atoms with E-state index in [1.165, 1.54) is 0 Å². The van der Waals surface area contributed by atoms with Crippen molar-refractivity contribution in [3.8, 4) is 22.7 Å². The van der Waals surface area contributed by atoms with Gasteiger partial charge >= 0.3 is 0 Å². The van der Waals surface area contributed by atoms with E-state index in [0.717, 1.165) is 11.3 Å². The summed E-state index contributed by atoms with van der Waals surface area (Å²) in [6.45, 7) is 1.79. The van der Waals surface area contributed by atoms with E-state index in [1.54, 1.807) is 49.8 Å². The Morgan fingerprint density at radius 3 is 2.68 bits per heavy atom. The smallest absolute Gasteiger partial charge is 0.276 e. The molecule has 0 saturated carbocycles. The molecule has 124 valence electrons. The molecule has 2 N–H and O–H groups in total. The summed E-state index contributed by atoms with van der Waals surface area (Å²) in [5.74, 6) is 0.927. The Morgan fingerprint density at radius 1 is 1.16 bits per heavy atom. The first-order chi connectivity index (χ1) is 12.2. The molecule has 4 rings (SSSR count). The Hall–Kier alpha value is -3.61. The molecule has 0 fully saturated rings. The number of aromatic nitrogens is 3. The lowest BCUT2D eigenvalue weighted by Gasteiger charge is -2.03. The number of carbonyl (C=O) groups is 1. The minimum absolute atomic E-state index is 0.280. The highest BCUT2D eigenvalue weighted by atomic mass is 16.3. The summed E-state index contributed by atoms with van der Waals surface area (Å²) < 4.78 is 10.5. The van der Waals surface area contributed by atoms with Crippen LogP contribution in [0.25, 0.3) is 22.7 Å². The molecule has 3 aromatic heterocycles. The number of furan rings is 1. The van der Waals surface area contributed by atoms with Crippen LogP contribution in [0.5, 0.6) is 0 Å². The number of aromatic amines is 1. The van der Waals surface area contributed by atoms with Crippen molar-refractivity contribution in [2.75, 3.05) is 5.32 Å². The Kier molecular flexibility index (Phi) is 3.66. The number of amides is 1. The van der Waals surface area contributed by atoms with E-state index in [-0.39, 0.29) is 11.6 Å². The second-order valence-corrected chi connectivity index (χ2v) is 5.43. The standard InChI is InChI=1S/C18H14N4O3/c1-11-19-16(10-25-11)12-4-6-13(7-5-12)20-18(23)15-9-14(21-22-15)17-3-2-8-24-17/h2-10H,1H3,(H,20,23)(H,21,22). The molecular weight excluding hydrogens is 320 g/mol. The first-order valence-corrected chi connectivity index (χ1v) is 7.62. The van der Waals surface area contributed by atoms with Crippen LogP contribution in [0.4, 0.5) is 5.69 Å². The maximum absolute atomic E-state index is 12.3. The number of carbonyl (C=O) groups excluding carboxylic acids is 1. The maximum Gasteiger partial charge on any atom is 0.276 e. The zero-order valence-corrected chi connectivity index (χ0v) is 13.3. The number of H-pyrrole nitrogens is 1. The van der Waals surface area contributed by atoms with Crippen molar-refractivity contribution in [2.24, 2.45) is 0 Å². The summed E-state index contributed by atoms with van der Waals surface area (Å²) in [5, 5.41) is 9.61. The molecule has 7 heteroatoms. The second-order valence-electron chi connectivity index (χ2n) is 5.43. The molecule has 1 amide bonds. The minimum atomic E-state index is -0.306. The molecule has 4 aromatic rings. The van der Waals surface area contributed by atoms with E-state index < -0.39 is 0 Å². The van der Waals surface area contributed by atoms with Gasteiger partial charge in [0.2, 0.25) is 0 Å². The minimum Gasteiger partial charge on any atom is -0.463 e. The molecule has 3 heterocycles. The molecule has 25 heavy (non-hydrogen) atoms. The zero-order valence-electron chi connectivity index (χ0n) is 13.3. The van der Waals surface area contributed by atoms with E-state index in [0.29, 0.717) is 23.0 Å². The number of nitrogens with one attached hydrogen (secondary N) is 2. The average Bonchev–Trinajstić information content (AvgIpc) is 3.36. The van der Waals surface area contributed by atoms with Gasteiger partial charge in [-0.2, -0.15) is 5.10 Å². The molecule has 0 atom stereocenters. The molecule has 0 saturated heterocycles. The molecule has 0 aliphatic carbocycles. The highest BCUT2D eigenvalue weighted by Crippen LogP contribution is 2.22. The van der Waals surface area contributed by atoms with Crippen LogP contribution in [0.3, 0.4) is 0 Å². The third-order valence-electron chi connectivity index (χ3n) is 3.65. The number of hydrogen-bond acceptors (Lipinski definition) is 5. The van der Waals surface area contributed by atoms with Crippen molar-refractivity contribution in [1.29, 1.82) is 0 Å². The first-order valence-electron chi connectivity index (χ1n) is 7.62. The van der Waals surface area contributed by atoms with Crippen LogP contribution in [-0.2, 0) is 0 Å². The fourth-order valence-electron chi connectivity index (χ4n) is 2.41. The maximum atomic E-state index is 12.3. The Balaban J connectivity index is 1.47. The number of aryl methyl sites for hydroxylation is 1. The van der Waals surface area contributed by atoms with Crippen LogP contribution in [0.2, 0.25) is 0 Å². The number of hydrogen-bond donors (Lipinski definition) is 2. The van der Waals surface area contributed by atoms with Crippen molar-refractivity contribution in [3.05, 3.63) is 66.6 Å². The van der Waals surface area contributed by atoms with Gasteiger partial charge in [-0.15, -0.1) is 0 Å². The molecule has 0 bridgehead atoms. The monoisotopic (exact) mass is 334 g/mol. The topological polar surface area (TPSA) is 97.0 Å². The van der Waals surface area contributed by atoms with Crippen molar-refractivity contribution >= 4 is 11.6 Å². The van der Waals surface area contributed by atoms with Crippen LogP contribution in [0, 0.1) is 6.92 Å². The van der Waals surface area contributed by atoms with Gasteiger partial charge in [0.1, 0.15) is 17.7 Å². The van der Waals surface area contributed by atoms with E-state index in [2.05, 4.69) is 20.5 Å². The van der Waals surface area contributed by atoms with Gasteiger partial charge in [-0.25, -0.2) is 4.98 Å². The molecular formula is C18H14N4O3. The van der Waals surface area contributed by atoms with Gasteiger partial charge < -0.3 is 14.2 Å². The Bertz CT molecular complexity index is 997. The molecule has 0 unspecified atom stereocenters. The highest BCUT2D eigenvalue weighted by Gasteiger charge is 2.13. The SMILES string of the molecule is Cc1nc(-c2ccc(NC(=O)c3cc(-c4ccco4)[nH]n3)cc2)co1. The summed E-state index contributed by atoms with van der Waals surface area (Å²) in [7, 11) is 0. The summed E-state index contributed by atoms with van der Waals surface area (Å²) in [5.41, 5.74) is 3.26.